The average molecular weight is 359 g/mol. The Morgan fingerprint density at radius 1 is 1.24 bits per heavy atom. The molecule has 0 amide bonds. The minimum Gasteiger partial charge on any atom is -0.454 e. The number of hydrogen-bond donors (Lipinski definition) is 1. The molecule has 3 aromatic rings. The van der Waals surface area contributed by atoms with Gasteiger partial charge in [-0.3, -0.25) is 4.79 Å². The quantitative estimate of drug-likeness (QED) is 0.572. The highest BCUT2D eigenvalue weighted by molar-refractivity contribution is 6.31. The Kier molecular flexibility index (Phi) is 4.90. The van der Waals surface area contributed by atoms with Crippen LogP contribution in [0.3, 0.4) is 0 Å². The van der Waals surface area contributed by atoms with Crippen molar-refractivity contribution in [2.45, 2.75) is 6.61 Å². The van der Waals surface area contributed by atoms with Gasteiger partial charge in [0.15, 0.2) is 0 Å². The molecule has 0 unspecified atom stereocenters. The van der Waals surface area contributed by atoms with Crippen LogP contribution in [0, 0.1) is 5.82 Å². The first kappa shape index (κ1) is 16.9. The summed E-state index contributed by atoms with van der Waals surface area (Å²) in [7, 11) is 0. The van der Waals surface area contributed by atoms with Gasteiger partial charge in [0.25, 0.3) is 5.56 Å². The maximum absolute atomic E-state index is 12.8. The van der Waals surface area contributed by atoms with Gasteiger partial charge in [0, 0.05) is 11.1 Å². The molecule has 0 saturated heterocycles. The molecule has 0 aliphatic carbocycles. The van der Waals surface area contributed by atoms with E-state index in [-0.39, 0.29) is 23.8 Å². The Morgan fingerprint density at radius 2 is 2.00 bits per heavy atom. The molecule has 3 rings (SSSR count). The maximum Gasteiger partial charge on any atom is 0.331 e. The van der Waals surface area contributed by atoms with Crippen molar-refractivity contribution in [3.05, 3.63) is 81.1 Å². The van der Waals surface area contributed by atoms with Crippen molar-refractivity contribution in [1.82, 2.24) is 9.97 Å². The van der Waals surface area contributed by atoms with E-state index in [2.05, 4.69) is 9.97 Å². The van der Waals surface area contributed by atoms with E-state index >= 15 is 0 Å². The highest BCUT2D eigenvalue weighted by Crippen LogP contribution is 2.14. The second kappa shape index (κ2) is 7.27. The lowest BCUT2D eigenvalue weighted by Crippen LogP contribution is -2.13. The van der Waals surface area contributed by atoms with Crippen LogP contribution in [0.4, 0.5) is 4.39 Å². The highest BCUT2D eigenvalue weighted by atomic mass is 35.5. The van der Waals surface area contributed by atoms with E-state index in [1.807, 2.05) is 0 Å². The number of rotatable bonds is 4. The molecule has 1 N–H and O–H groups in total. The lowest BCUT2D eigenvalue weighted by atomic mass is 10.2. The minimum atomic E-state index is -0.613. The summed E-state index contributed by atoms with van der Waals surface area (Å²) in [4.78, 5) is 30.5. The number of carbonyl (C=O) groups excluding carboxylic acids is 1. The Labute approximate surface area is 146 Å². The van der Waals surface area contributed by atoms with Gasteiger partial charge in [-0.1, -0.05) is 23.7 Å². The molecule has 0 saturated carbocycles. The number of esters is 1. The molecule has 1 heterocycles. The normalized spacial score (nSPS) is 11.1. The monoisotopic (exact) mass is 358 g/mol. The smallest absolute Gasteiger partial charge is 0.331 e. The van der Waals surface area contributed by atoms with Crippen molar-refractivity contribution in [1.29, 1.82) is 0 Å². The fourth-order valence-electron chi connectivity index (χ4n) is 2.16. The summed E-state index contributed by atoms with van der Waals surface area (Å²) in [5.41, 5.74) is 0.740. The molecular weight excluding hydrogens is 347 g/mol. The van der Waals surface area contributed by atoms with Gasteiger partial charge in [-0.05, 0) is 42.0 Å². The van der Waals surface area contributed by atoms with Crippen LogP contribution in [0.25, 0.3) is 17.0 Å². The first-order valence-corrected chi connectivity index (χ1v) is 7.68. The lowest BCUT2D eigenvalue weighted by Gasteiger charge is -2.04. The van der Waals surface area contributed by atoms with Crippen LogP contribution in [-0.4, -0.2) is 15.9 Å². The predicted octanol–water partition coefficient (Wildman–Crippen LogP) is 3.47. The van der Waals surface area contributed by atoms with Crippen LogP contribution in [0.2, 0.25) is 5.02 Å². The number of aromatic amines is 1. The third-order valence-corrected chi connectivity index (χ3v) is 3.59. The Morgan fingerprint density at radius 3 is 2.76 bits per heavy atom. The molecular formula is C18H12ClFN2O3. The zero-order valence-corrected chi connectivity index (χ0v) is 13.6. The summed E-state index contributed by atoms with van der Waals surface area (Å²) in [6.45, 7) is -0.190. The fraction of sp³-hybridized carbons (Fsp3) is 0.0556. The molecule has 25 heavy (non-hydrogen) atoms. The van der Waals surface area contributed by atoms with Gasteiger partial charge >= 0.3 is 5.97 Å². The number of benzene rings is 2. The van der Waals surface area contributed by atoms with Gasteiger partial charge in [0.05, 0.1) is 10.9 Å². The van der Waals surface area contributed by atoms with Crippen molar-refractivity contribution in [2.75, 3.05) is 0 Å². The molecule has 0 aliphatic heterocycles. The molecule has 5 nitrogen and oxygen atoms in total. The highest BCUT2D eigenvalue weighted by Gasteiger charge is 2.06. The zero-order chi connectivity index (χ0) is 17.8. The van der Waals surface area contributed by atoms with E-state index in [4.69, 9.17) is 16.3 Å². The van der Waals surface area contributed by atoms with E-state index in [1.54, 1.807) is 18.2 Å². The van der Waals surface area contributed by atoms with Gasteiger partial charge in [-0.2, -0.15) is 0 Å². The molecule has 2 aromatic carbocycles. The van der Waals surface area contributed by atoms with E-state index in [0.717, 1.165) is 0 Å². The molecule has 0 fully saturated rings. The number of carbonyl (C=O) groups is 1. The summed E-state index contributed by atoms with van der Waals surface area (Å²) in [5.74, 6) is -0.757. The van der Waals surface area contributed by atoms with Gasteiger partial charge in [0.1, 0.15) is 18.2 Å². The molecule has 1 aromatic heterocycles. The third kappa shape index (κ3) is 4.30. The molecule has 0 atom stereocenters. The summed E-state index contributed by atoms with van der Waals surface area (Å²) < 4.78 is 17.8. The largest absolute Gasteiger partial charge is 0.454 e. The van der Waals surface area contributed by atoms with Crippen LogP contribution >= 0.6 is 11.6 Å². The molecule has 7 heteroatoms. The Bertz CT molecular complexity index is 1010. The fourth-order valence-corrected chi connectivity index (χ4v) is 2.32. The Balaban J connectivity index is 1.68. The van der Waals surface area contributed by atoms with Crippen molar-refractivity contribution in [2.24, 2.45) is 0 Å². The SMILES string of the molecule is O=C(C=Cc1ccc(F)cc1)OCc1nc2cc(Cl)ccc2c(=O)[nH]1. The minimum absolute atomic E-state index is 0.190. The van der Waals surface area contributed by atoms with Gasteiger partial charge in [-0.25, -0.2) is 14.2 Å². The zero-order valence-electron chi connectivity index (χ0n) is 12.8. The van der Waals surface area contributed by atoms with E-state index in [0.29, 0.717) is 21.5 Å². The first-order chi connectivity index (χ1) is 12.0. The number of hydrogen-bond acceptors (Lipinski definition) is 4. The lowest BCUT2D eigenvalue weighted by molar-refractivity contribution is -0.139. The first-order valence-electron chi connectivity index (χ1n) is 7.30. The number of nitrogens with one attached hydrogen (secondary N) is 1. The van der Waals surface area contributed by atoms with Crippen molar-refractivity contribution < 1.29 is 13.9 Å². The van der Waals surface area contributed by atoms with Crippen LogP contribution in [-0.2, 0) is 16.1 Å². The van der Waals surface area contributed by atoms with Gasteiger partial charge < -0.3 is 9.72 Å². The van der Waals surface area contributed by atoms with Crippen molar-refractivity contribution >= 4 is 34.5 Å². The van der Waals surface area contributed by atoms with E-state index in [1.165, 1.54) is 36.4 Å². The average Bonchev–Trinajstić information content (AvgIpc) is 2.59. The summed E-state index contributed by atoms with van der Waals surface area (Å²) in [6, 6.07) is 10.4. The Hall–Kier alpha value is -2.99. The maximum atomic E-state index is 12.8. The third-order valence-electron chi connectivity index (χ3n) is 3.35. The number of halogens is 2. The van der Waals surface area contributed by atoms with Crippen LogP contribution in [0.15, 0.2) is 53.3 Å². The standard InChI is InChI=1S/C18H12ClFN2O3/c19-12-4-7-14-15(9-12)21-16(22-18(14)24)10-25-17(23)8-3-11-1-5-13(20)6-2-11/h1-9H,10H2,(H,21,22,24). The number of nitrogens with zero attached hydrogens (tertiary/aromatic N) is 1. The predicted molar refractivity (Wildman–Crippen MR) is 92.6 cm³/mol. The van der Waals surface area contributed by atoms with Crippen molar-refractivity contribution in [3.63, 3.8) is 0 Å². The number of aromatic nitrogens is 2. The van der Waals surface area contributed by atoms with Gasteiger partial charge in [0.2, 0.25) is 0 Å². The molecule has 0 spiro atoms. The second-order valence-electron chi connectivity index (χ2n) is 5.17. The number of H-pyrrole nitrogens is 1. The second-order valence-corrected chi connectivity index (χ2v) is 5.60. The van der Waals surface area contributed by atoms with Gasteiger partial charge in [-0.15, -0.1) is 0 Å². The van der Waals surface area contributed by atoms with E-state index in [9.17, 15) is 14.0 Å². The molecule has 0 radical (unpaired) electrons. The van der Waals surface area contributed by atoms with Crippen LogP contribution < -0.4 is 5.56 Å². The number of ether oxygens (including phenoxy) is 1. The van der Waals surface area contributed by atoms with Crippen molar-refractivity contribution in [3.8, 4) is 0 Å². The summed E-state index contributed by atoms with van der Waals surface area (Å²) in [6.07, 6.45) is 2.71. The van der Waals surface area contributed by atoms with Crippen LogP contribution in [0.5, 0.6) is 0 Å². The molecule has 0 bridgehead atoms. The topological polar surface area (TPSA) is 72.0 Å². The molecule has 0 aliphatic rings. The van der Waals surface area contributed by atoms with Crippen LogP contribution in [0.1, 0.15) is 11.4 Å². The molecule has 126 valence electrons. The summed E-state index contributed by atoms with van der Waals surface area (Å²) in [5, 5.41) is 0.853. The number of fused-ring (bicyclic) bond motifs is 1. The van der Waals surface area contributed by atoms with E-state index < -0.39 is 5.97 Å². The summed E-state index contributed by atoms with van der Waals surface area (Å²) >= 11 is 5.89.